The summed E-state index contributed by atoms with van der Waals surface area (Å²) in [5.41, 5.74) is 1.69. The lowest BCUT2D eigenvalue weighted by molar-refractivity contribution is -0.125. The van der Waals surface area contributed by atoms with Crippen LogP contribution in [0.3, 0.4) is 0 Å². The third kappa shape index (κ3) is 4.16. The van der Waals surface area contributed by atoms with Crippen LogP contribution in [0.4, 0.5) is 5.69 Å². The molecule has 0 aromatic heterocycles. The van der Waals surface area contributed by atoms with Crippen molar-refractivity contribution in [1.29, 1.82) is 0 Å². The first-order valence-electron chi connectivity index (χ1n) is 7.62. The Kier molecular flexibility index (Phi) is 5.21. The van der Waals surface area contributed by atoms with E-state index in [1.54, 1.807) is 12.1 Å². The number of anilines is 1. The first-order chi connectivity index (χ1) is 11.5. The average Bonchev–Trinajstić information content (AvgIpc) is 3.36. The van der Waals surface area contributed by atoms with Gasteiger partial charge in [-0.3, -0.25) is 9.59 Å². The van der Waals surface area contributed by atoms with E-state index in [9.17, 15) is 9.59 Å². The van der Waals surface area contributed by atoms with E-state index in [1.165, 1.54) is 0 Å². The van der Waals surface area contributed by atoms with Crippen LogP contribution in [0.15, 0.2) is 53.0 Å². The summed E-state index contributed by atoms with van der Waals surface area (Å²) in [7, 11) is 0. The van der Waals surface area contributed by atoms with E-state index < -0.39 is 0 Å². The van der Waals surface area contributed by atoms with Gasteiger partial charge >= 0.3 is 0 Å². The summed E-state index contributed by atoms with van der Waals surface area (Å²) in [6.45, 7) is -0.0410. The van der Waals surface area contributed by atoms with Crippen molar-refractivity contribution in [1.82, 2.24) is 5.32 Å². The number of nitrogens with one attached hydrogen (secondary N) is 2. The zero-order chi connectivity index (χ0) is 17.1. The second-order valence-electron chi connectivity index (χ2n) is 5.74. The summed E-state index contributed by atoms with van der Waals surface area (Å²) >= 11 is 9.49. The van der Waals surface area contributed by atoms with E-state index in [0.717, 1.165) is 16.5 Å². The van der Waals surface area contributed by atoms with E-state index in [1.807, 2.05) is 36.4 Å². The highest BCUT2D eigenvalue weighted by Gasteiger charge is 2.44. The summed E-state index contributed by atoms with van der Waals surface area (Å²) in [6, 6.07) is 14.8. The van der Waals surface area contributed by atoms with Gasteiger partial charge in [-0.2, -0.15) is 0 Å². The van der Waals surface area contributed by atoms with Gasteiger partial charge < -0.3 is 10.6 Å². The number of hydrogen-bond acceptors (Lipinski definition) is 2. The fourth-order valence-corrected chi connectivity index (χ4v) is 3.18. The molecule has 4 nitrogen and oxygen atoms in total. The number of hydrogen-bond donors (Lipinski definition) is 2. The van der Waals surface area contributed by atoms with Crippen molar-refractivity contribution in [3.63, 3.8) is 0 Å². The number of benzene rings is 2. The fraction of sp³-hybridized carbons (Fsp3) is 0.222. The molecule has 1 aliphatic carbocycles. The molecule has 2 aromatic carbocycles. The first-order valence-corrected chi connectivity index (χ1v) is 8.79. The molecule has 1 saturated carbocycles. The molecule has 2 aromatic rings. The molecule has 0 spiro atoms. The zero-order valence-electron chi connectivity index (χ0n) is 12.8. The monoisotopic (exact) mass is 406 g/mol. The first kappa shape index (κ1) is 17.0. The van der Waals surface area contributed by atoms with Crippen LogP contribution in [0.2, 0.25) is 5.02 Å². The van der Waals surface area contributed by atoms with Crippen LogP contribution in [0.25, 0.3) is 0 Å². The number of carbonyl (C=O) groups is 2. The Balaban J connectivity index is 1.47. The van der Waals surface area contributed by atoms with E-state index in [4.69, 9.17) is 11.6 Å². The molecule has 2 unspecified atom stereocenters. The molecule has 1 aliphatic rings. The van der Waals surface area contributed by atoms with Crippen molar-refractivity contribution in [2.24, 2.45) is 5.92 Å². The molecule has 0 saturated heterocycles. The normalized spacial score (nSPS) is 18.8. The predicted octanol–water partition coefficient (Wildman–Crippen LogP) is 3.96. The lowest BCUT2D eigenvalue weighted by Crippen LogP contribution is -2.34. The Morgan fingerprint density at radius 2 is 1.83 bits per heavy atom. The van der Waals surface area contributed by atoms with Gasteiger partial charge in [0.25, 0.3) is 0 Å². The maximum atomic E-state index is 12.2. The molecular weight excluding hydrogens is 392 g/mol. The molecule has 124 valence electrons. The number of rotatable bonds is 5. The number of amides is 2. The van der Waals surface area contributed by atoms with Crippen molar-refractivity contribution < 1.29 is 9.59 Å². The highest BCUT2D eigenvalue weighted by molar-refractivity contribution is 9.10. The van der Waals surface area contributed by atoms with Crippen molar-refractivity contribution in [2.45, 2.75) is 12.3 Å². The minimum Gasteiger partial charge on any atom is -0.347 e. The van der Waals surface area contributed by atoms with E-state index in [0.29, 0.717) is 10.7 Å². The minimum atomic E-state index is -0.249. The summed E-state index contributed by atoms with van der Waals surface area (Å²) in [5.74, 6) is -0.315. The summed E-state index contributed by atoms with van der Waals surface area (Å²) in [6.07, 6.45) is 0.768. The third-order valence-electron chi connectivity index (χ3n) is 3.98. The van der Waals surface area contributed by atoms with Gasteiger partial charge in [0, 0.05) is 21.1 Å². The second kappa shape index (κ2) is 7.36. The molecule has 2 amide bonds. The van der Waals surface area contributed by atoms with Gasteiger partial charge in [0.05, 0.1) is 6.54 Å². The Hall–Kier alpha value is -1.85. The Morgan fingerprint density at radius 3 is 2.54 bits per heavy atom. The quantitative estimate of drug-likeness (QED) is 0.788. The van der Waals surface area contributed by atoms with Gasteiger partial charge in [-0.05, 0) is 48.2 Å². The highest BCUT2D eigenvalue weighted by Crippen LogP contribution is 2.49. The molecule has 0 heterocycles. The lowest BCUT2D eigenvalue weighted by Gasteiger charge is -2.07. The molecule has 1 fully saturated rings. The largest absolute Gasteiger partial charge is 0.347 e. The molecular formula is C18H16BrClN2O2. The molecule has 0 radical (unpaired) electrons. The molecule has 2 N–H and O–H groups in total. The molecule has 2 atom stereocenters. The topological polar surface area (TPSA) is 58.2 Å². The van der Waals surface area contributed by atoms with Gasteiger partial charge in [-0.25, -0.2) is 0 Å². The minimum absolute atomic E-state index is 0.0410. The van der Waals surface area contributed by atoms with Gasteiger partial charge in [0.15, 0.2) is 0 Å². The lowest BCUT2D eigenvalue weighted by atomic mass is 10.1. The van der Waals surface area contributed by atoms with Gasteiger partial charge in [-0.15, -0.1) is 0 Å². The highest BCUT2D eigenvalue weighted by atomic mass is 79.9. The van der Waals surface area contributed by atoms with Gasteiger partial charge in [0.2, 0.25) is 11.8 Å². The Bertz CT molecular complexity index is 764. The van der Waals surface area contributed by atoms with Crippen LogP contribution in [0, 0.1) is 5.92 Å². The molecule has 0 aliphatic heterocycles. The Morgan fingerprint density at radius 1 is 1.12 bits per heavy atom. The van der Waals surface area contributed by atoms with Crippen LogP contribution in [0.1, 0.15) is 17.9 Å². The van der Waals surface area contributed by atoms with Crippen molar-refractivity contribution in [3.8, 4) is 0 Å². The fourth-order valence-electron chi connectivity index (χ4n) is 2.64. The van der Waals surface area contributed by atoms with Crippen LogP contribution in [0.5, 0.6) is 0 Å². The second-order valence-corrected chi connectivity index (χ2v) is 7.07. The van der Waals surface area contributed by atoms with Crippen LogP contribution in [-0.2, 0) is 9.59 Å². The summed E-state index contributed by atoms with van der Waals surface area (Å²) in [5, 5.41) is 6.12. The Labute approximate surface area is 153 Å². The smallest absolute Gasteiger partial charge is 0.243 e. The average molecular weight is 408 g/mol. The number of carbonyl (C=O) groups excluding carboxylic acids is 2. The van der Waals surface area contributed by atoms with Crippen molar-refractivity contribution >= 4 is 45.0 Å². The molecule has 3 rings (SSSR count). The van der Waals surface area contributed by atoms with E-state index in [2.05, 4.69) is 26.6 Å². The molecule has 24 heavy (non-hydrogen) atoms. The maximum Gasteiger partial charge on any atom is 0.243 e. The van der Waals surface area contributed by atoms with Gasteiger partial charge in [0.1, 0.15) is 0 Å². The number of halogens is 2. The standard InChI is InChI=1S/C18H16BrClN2O2/c19-11-5-7-12(8-6-11)22-17(23)10-21-18(24)15-9-14(15)13-3-1-2-4-16(13)20/h1-8,14-15H,9-10H2,(H,21,24)(H,22,23). The predicted molar refractivity (Wildman–Crippen MR) is 98.1 cm³/mol. The third-order valence-corrected chi connectivity index (χ3v) is 4.86. The van der Waals surface area contributed by atoms with Crippen LogP contribution in [-0.4, -0.2) is 18.4 Å². The van der Waals surface area contributed by atoms with E-state index in [-0.39, 0.29) is 30.2 Å². The zero-order valence-corrected chi connectivity index (χ0v) is 15.1. The molecule has 0 bridgehead atoms. The van der Waals surface area contributed by atoms with Crippen molar-refractivity contribution in [2.75, 3.05) is 11.9 Å². The van der Waals surface area contributed by atoms with Gasteiger partial charge in [-0.1, -0.05) is 45.7 Å². The maximum absolute atomic E-state index is 12.2. The summed E-state index contributed by atoms with van der Waals surface area (Å²) < 4.78 is 0.938. The molecule has 6 heteroatoms. The van der Waals surface area contributed by atoms with Crippen LogP contribution < -0.4 is 10.6 Å². The SMILES string of the molecule is O=C(CNC(=O)C1CC1c1ccccc1Cl)Nc1ccc(Br)cc1. The van der Waals surface area contributed by atoms with Crippen molar-refractivity contribution in [3.05, 3.63) is 63.6 Å². The van der Waals surface area contributed by atoms with E-state index >= 15 is 0 Å². The summed E-state index contributed by atoms with van der Waals surface area (Å²) in [4.78, 5) is 24.1. The van der Waals surface area contributed by atoms with Crippen LogP contribution >= 0.6 is 27.5 Å².